The van der Waals surface area contributed by atoms with Crippen LogP contribution in [-0.2, 0) is 0 Å². The van der Waals surface area contributed by atoms with Crippen molar-refractivity contribution in [1.82, 2.24) is 10.2 Å². The summed E-state index contributed by atoms with van der Waals surface area (Å²) in [4.78, 5) is 27.0. The maximum atomic E-state index is 12.9. The van der Waals surface area contributed by atoms with Gasteiger partial charge < -0.3 is 14.6 Å². The summed E-state index contributed by atoms with van der Waals surface area (Å²) >= 11 is 6.06. The molecule has 0 aliphatic carbocycles. The van der Waals surface area contributed by atoms with Crippen LogP contribution in [0.3, 0.4) is 0 Å². The van der Waals surface area contributed by atoms with Gasteiger partial charge in [0.25, 0.3) is 11.8 Å². The Kier molecular flexibility index (Phi) is 5.09. The molecule has 0 radical (unpaired) electrons. The van der Waals surface area contributed by atoms with E-state index < -0.39 is 0 Å². The lowest BCUT2D eigenvalue weighted by atomic mass is 10.0. The number of furan rings is 1. The van der Waals surface area contributed by atoms with Gasteiger partial charge in [0, 0.05) is 40.7 Å². The Labute approximate surface area is 168 Å². The van der Waals surface area contributed by atoms with Gasteiger partial charge in [-0.2, -0.15) is 0 Å². The minimum Gasteiger partial charge on any atom is -0.451 e. The molecule has 0 spiro atoms. The third-order valence-electron chi connectivity index (χ3n) is 5.25. The zero-order valence-corrected chi connectivity index (χ0v) is 16.3. The molecule has 2 aromatic carbocycles. The topological polar surface area (TPSA) is 62.6 Å². The van der Waals surface area contributed by atoms with Crippen LogP contribution >= 0.6 is 11.6 Å². The van der Waals surface area contributed by atoms with Crippen molar-refractivity contribution in [1.29, 1.82) is 0 Å². The third kappa shape index (κ3) is 3.62. The van der Waals surface area contributed by atoms with Crippen LogP contribution in [0.25, 0.3) is 11.0 Å². The zero-order chi connectivity index (χ0) is 19.7. The lowest BCUT2D eigenvalue weighted by Crippen LogP contribution is -2.46. The van der Waals surface area contributed by atoms with Crippen LogP contribution in [0.1, 0.15) is 39.3 Å². The number of nitrogens with one attached hydrogen (secondary N) is 1. The summed E-state index contributed by atoms with van der Waals surface area (Å²) < 4.78 is 5.80. The van der Waals surface area contributed by atoms with Crippen molar-refractivity contribution in [2.75, 3.05) is 13.1 Å². The highest BCUT2D eigenvalue weighted by molar-refractivity contribution is 6.31. The summed E-state index contributed by atoms with van der Waals surface area (Å²) in [5, 5.41) is 4.54. The number of piperidine rings is 1. The van der Waals surface area contributed by atoms with E-state index in [-0.39, 0.29) is 17.9 Å². The van der Waals surface area contributed by atoms with Gasteiger partial charge in [-0.05, 0) is 50.1 Å². The second-order valence-corrected chi connectivity index (χ2v) is 7.54. The first-order chi connectivity index (χ1) is 13.5. The van der Waals surface area contributed by atoms with Crippen LogP contribution in [0.4, 0.5) is 0 Å². The van der Waals surface area contributed by atoms with E-state index in [1.165, 1.54) is 0 Å². The minimum atomic E-state index is -0.113. The smallest absolute Gasteiger partial charge is 0.289 e. The predicted octanol–water partition coefficient (Wildman–Crippen LogP) is 4.43. The van der Waals surface area contributed by atoms with Gasteiger partial charge in [0.1, 0.15) is 5.58 Å². The number of halogens is 1. The molecule has 0 unspecified atom stereocenters. The monoisotopic (exact) mass is 396 g/mol. The van der Waals surface area contributed by atoms with E-state index in [4.69, 9.17) is 16.0 Å². The van der Waals surface area contributed by atoms with Crippen LogP contribution in [-0.4, -0.2) is 35.8 Å². The second-order valence-electron chi connectivity index (χ2n) is 7.10. The highest BCUT2D eigenvalue weighted by Gasteiger charge is 2.28. The number of hydrogen-bond acceptors (Lipinski definition) is 3. The molecule has 2 amide bonds. The number of nitrogens with zero attached hydrogens (tertiary/aromatic N) is 1. The highest BCUT2D eigenvalue weighted by Crippen LogP contribution is 2.29. The van der Waals surface area contributed by atoms with Gasteiger partial charge in [0.2, 0.25) is 0 Å². The molecule has 1 saturated heterocycles. The zero-order valence-electron chi connectivity index (χ0n) is 15.6. The van der Waals surface area contributed by atoms with Gasteiger partial charge in [-0.3, -0.25) is 9.59 Å². The van der Waals surface area contributed by atoms with Crippen molar-refractivity contribution in [2.45, 2.75) is 25.8 Å². The van der Waals surface area contributed by atoms with Crippen molar-refractivity contribution < 1.29 is 14.0 Å². The molecule has 5 nitrogen and oxygen atoms in total. The summed E-state index contributed by atoms with van der Waals surface area (Å²) in [5.74, 6) is 0.178. The van der Waals surface area contributed by atoms with E-state index in [9.17, 15) is 9.59 Å². The third-order valence-corrected chi connectivity index (χ3v) is 5.48. The first-order valence-corrected chi connectivity index (χ1v) is 9.74. The lowest BCUT2D eigenvalue weighted by Gasteiger charge is -2.32. The summed E-state index contributed by atoms with van der Waals surface area (Å²) in [5.41, 5.74) is 2.12. The van der Waals surface area contributed by atoms with E-state index >= 15 is 0 Å². The van der Waals surface area contributed by atoms with E-state index in [1.807, 2.05) is 31.2 Å². The summed E-state index contributed by atoms with van der Waals surface area (Å²) in [6.07, 6.45) is 1.44. The maximum absolute atomic E-state index is 12.9. The first kappa shape index (κ1) is 18.6. The Hall–Kier alpha value is -2.79. The minimum absolute atomic E-state index is 0.0623. The highest BCUT2D eigenvalue weighted by atomic mass is 35.5. The quantitative estimate of drug-likeness (QED) is 0.712. The van der Waals surface area contributed by atoms with Crippen LogP contribution in [0.2, 0.25) is 5.02 Å². The largest absolute Gasteiger partial charge is 0.451 e. The number of carbonyl (C=O) groups is 2. The molecule has 1 N–H and O–H groups in total. The van der Waals surface area contributed by atoms with E-state index in [0.717, 1.165) is 23.8 Å². The molecule has 144 valence electrons. The van der Waals surface area contributed by atoms with Gasteiger partial charge in [-0.1, -0.05) is 29.8 Å². The molecular formula is C22H21ClN2O3. The lowest BCUT2D eigenvalue weighted by molar-refractivity contribution is 0.0668. The van der Waals surface area contributed by atoms with Crippen LogP contribution in [0.5, 0.6) is 0 Å². The number of hydrogen-bond donors (Lipinski definition) is 1. The summed E-state index contributed by atoms with van der Waals surface area (Å²) in [6, 6.07) is 14.6. The van der Waals surface area contributed by atoms with Crippen molar-refractivity contribution in [3.63, 3.8) is 0 Å². The number of likely N-dealkylation sites (tertiary alicyclic amines) is 1. The standard InChI is InChI=1S/C22H21ClN2O3/c1-14-18-13-16(23)7-8-19(18)28-20(14)22(27)25-11-9-17(10-12-25)24-21(26)15-5-3-2-4-6-15/h2-8,13,17H,9-12H2,1H3,(H,24,26). The molecule has 0 saturated carbocycles. The second kappa shape index (κ2) is 7.68. The molecule has 1 fully saturated rings. The average Bonchev–Trinajstić information content (AvgIpc) is 3.04. The SMILES string of the molecule is Cc1c(C(=O)N2CCC(NC(=O)c3ccccc3)CC2)oc2ccc(Cl)cc12. The molecule has 0 bridgehead atoms. The van der Waals surface area contributed by atoms with Gasteiger partial charge in [0.15, 0.2) is 5.76 Å². The Morgan fingerprint density at radius 2 is 1.82 bits per heavy atom. The molecule has 0 atom stereocenters. The molecule has 4 rings (SSSR count). The van der Waals surface area contributed by atoms with Crippen LogP contribution < -0.4 is 5.32 Å². The number of fused-ring (bicyclic) bond motifs is 1. The average molecular weight is 397 g/mol. The van der Waals surface area contributed by atoms with Gasteiger partial charge in [0.05, 0.1) is 0 Å². The molecule has 28 heavy (non-hydrogen) atoms. The van der Waals surface area contributed by atoms with Crippen molar-refractivity contribution in [2.24, 2.45) is 0 Å². The fourth-order valence-corrected chi connectivity index (χ4v) is 3.80. The van der Waals surface area contributed by atoms with Crippen molar-refractivity contribution in [3.05, 3.63) is 70.4 Å². The summed E-state index contributed by atoms with van der Waals surface area (Å²) in [6.45, 7) is 3.04. The fourth-order valence-electron chi connectivity index (χ4n) is 3.63. The van der Waals surface area contributed by atoms with E-state index in [2.05, 4.69) is 5.32 Å². The van der Waals surface area contributed by atoms with Gasteiger partial charge in [-0.15, -0.1) is 0 Å². The van der Waals surface area contributed by atoms with Crippen LogP contribution in [0.15, 0.2) is 52.9 Å². The number of carbonyl (C=O) groups excluding carboxylic acids is 2. The molecule has 6 heteroatoms. The Morgan fingerprint density at radius 1 is 1.11 bits per heavy atom. The Morgan fingerprint density at radius 3 is 2.54 bits per heavy atom. The molecular weight excluding hydrogens is 376 g/mol. The predicted molar refractivity (Wildman–Crippen MR) is 109 cm³/mol. The first-order valence-electron chi connectivity index (χ1n) is 9.37. The molecule has 2 heterocycles. The van der Waals surface area contributed by atoms with Crippen molar-refractivity contribution >= 4 is 34.4 Å². The Bertz CT molecular complexity index is 1020. The molecule has 1 aliphatic heterocycles. The van der Waals surface area contributed by atoms with Gasteiger partial charge in [-0.25, -0.2) is 0 Å². The summed E-state index contributed by atoms with van der Waals surface area (Å²) in [7, 11) is 0. The fraction of sp³-hybridized carbons (Fsp3) is 0.273. The number of rotatable bonds is 3. The Balaban J connectivity index is 1.40. The van der Waals surface area contributed by atoms with Crippen molar-refractivity contribution in [3.8, 4) is 0 Å². The molecule has 1 aliphatic rings. The number of amides is 2. The number of aryl methyl sites for hydroxylation is 1. The molecule has 1 aromatic heterocycles. The maximum Gasteiger partial charge on any atom is 0.289 e. The number of benzene rings is 2. The van der Waals surface area contributed by atoms with E-state index in [0.29, 0.717) is 35.0 Å². The van der Waals surface area contributed by atoms with E-state index in [1.54, 1.807) is 29.2 Å². The van der Waals surface area contributed by atoms with Crippen LogP contribution in [0, 0.1) is 6.92 Å². The molecule has 3 aromatic rings. The normalized spacial score (nSPS) is 15.0. The van der Waals surface area contributed by atoms with Gasteiger partial charge >= 0.3 is 0 Å².